The molecule has 17 heavy (non-hydrogen) atoms. The first kappa shape index (κ1) is 12.0. The molecule has 2 N–H and O–H groups in total. The minimum absolute atomic E-state index is 0.604. The first-order valence-electron chi connectivity index (χ1n) is 6.30. The third-order valence-corrected chi connectivity index (χ3v) is 3.15. The zero-order valence-corrected chi connectivity index (χ0v) is 10.9. The van der Waals surface area contributed by atoms with Crippen molar-refractivity contribution in [3.05, 3.63) is 5.69 Å². The molecule has 5 nitrogen and oxygen atoms in total. The Bertz CT molecular complexity index is 508. The minimum Gasteiger partial charge on any atom is -0.369 e. The summed E-state index contributed by atoms with van der Waals surface area (Å²) in [6.07, 6.45) is 4.92. The van der Waals surface area contributed by atoms with Crippen molar-refractivity contribution in [1.29, 1.82) is 0 Å². The van der Waals surface area contributed by atoms with Gasteiger partial charge in [-0.2, -0.15) is 5.10 Å². The van der Waals surface area contributed by atoms with Crippen molar-refractivity contribution in [3.63, 3.8) is 0 Å². The van der Waals surface area contributed by atoms with E-state index in [-0.39, 0.29) is 0 Å². The zero-order chi connectivity index (χ0) is 12.4. The van der Waals surface area contributed by atoms with Crippen LogP contribution in [0.1, 0.15) is 38.3 Å². The monoisotopic (exact) mass is 235 g/mol. The Hall–Kier alpha value is -1.52. The molecule has 0 saturated carbocycles. The van der Waals surface area contributed by atoms with Gasteiger partial charge in [0.05, 0.1) is 5.69 Å². The van der Waals surface area contributed by atoms with E-state index in [0.29, 0.717) is 5.95 Å². The van der Waals surface area contributed by atoms with Crippen molar-refractivity contribution in [2.75, 3.05) is 5.73 Å². The molecule has 0 atom stereocenters. The van der Waals surface area contributed by atoms with Gasteiger partial charge in [-0.25, -0.2) is 4.98 Å². The van der Waals surface area contributed by atoms with E-state index in [4.69, 9.17) is 5.73 Å². The standard InChI is InChI=1S/C12H21N5/c1-4-5-6-7-8-17-11-10(14-12(17)13)9(2)15-16(11)3/h4-8H2,1-3H3,(H2,13,14). The smallest absolute Gasteiger partial charge is 0.202 e. The number of unbranched alkanes of at least 4 members (excludes halogenated alkanes) is 3. The van der Waals surface area contributed by atoms with Crippen LogP contribution >= 0.6 is 0 Å². The van der Waals surface area contributed by atoms with Crippen LogP contribution in [0.4, 0.5) is 5.95 Å². The number of aromatic nitrogens is 4. The van der Waals surface area contributed by atoms with E-state index in [1.165, 1.54) is 19.3 Å². The van der Waals surface area contributed by atoms with Crippen LogP contribution in [-0.2, 0) is 13.6 Å². The molecule has 0 fully saturated rings. The van der Waals surface area contributed by atoms with Gasteiger partial charge in [0.15, 0.2) is 5.65 Å². The molecule has 0 radical (unpaired) electrons. The summed E-state index contributed by atoms with van der Waals surface area (Å²) >= 11 is 0. The molecule has 5 heteroatoms. The summed E-state index contributed by atoms with van der Waals surface area (Å²) < 4.78 is 3.94. The molecule has 94 valence electrons. The van der Waals surface area contributed by atoms with Crippen LogP contribution < -0.4 is 5.73 Å². The highest BCUT2D eigenvalue weighted by Crippen LogP contribution is 2.20. The van der Waals surface area contributed by atoms with Crippen LogP contribution in [0.2, 0.25) is 0 Å². The Morgan fingerprint density at radius 3 is 2.71 bits per heavy atom. The molecule has 0 aliphatic heterocycles. The molecule has 0 aliphatic carbocycles. The van der Waals surface area contributed by atoms with E-state index < -0.39 is 0 Å². The Balaban J connectivity index is 2.23. The lowest BCUT2D eigenvalue weighted by atomic mass is 10.2. The minimum atomic E-state index is 0.604. The Morgan fingerprint density at radius 1 is 1.24 bits per heavy atom. The summed E-state index contributed by atoms with van der Waals surface area (Å²) in [4.78, 5) is 4.39. The predicted molar refractivity (Wildman–Crippen MR) is 69.8 cm³/mol. The molecule has 2 heterocycles. The van der Waals surface area contributed by atoms with Crippen LogP contribution in [0.3, 0.4) is 0 Å². The predicted octanol–water partition coefficient (Wildman–Crippen LogP) is 2.24. The second-order valence-corrected chi connectivity index (χ2v) is 4.56. The number of imidazole rings is 1. The number of nitrogens with two attached hydrogens (primary N) is 1. The third-order valence-electron chi connectivity index (χ3n) is 3.15. The van der Waals surface area contributed by atoms with E-state index in [0.717, 1.165) is 29.8 Å². The van der Waals surface area contributed by atoms with Crippen LogP contribution in [0.15, 0.2) is 0 Å². The molecule has 0 saturated heterocycles. The lowest BCUT2D eigenvalue weighted by molar-refractivity contribution is 0.585. The second-order valence-electron chi connectivity index (χ2n) is 4.56. The van der Waals surface area contributed by atoms with Crippen LogP contribution in [0.5, 0.6) is 0 Å². The molecule has 0 unspecified atom stereocenters. The van der Waals surface area contributed by atoms with Crippen molar-refractivity contribution in [2.45, 2.75) is 46.1 Å². The molecule has 2 aromatic rings. The highest BCUT2D eigenvalue weighted by molar-refractivity contribution is 5.77. The maximum atomic E-state index is 5.96. The van der Waals surface area contributed by atoms with Crippen LogP contribution in [-0.4, -0.2) is 19.3 Å². The van der Waals surface area contributed by atoms with Crippen molar-refractivity contribution >= 4 is 17.1 Å². The van der Waals surface area contributed by atoms with Crippen LogP contribution in [0, 0.1) is 6.92 Å². The first-order valence-corrected chi connectivity index (χ1v) is 6.30. The van der Waals surface area contributed by atoms with Gasteiger partial charge in [0.25, 0.3) is 0 Å². The summed E-state index contributed by atoms with van der Waals surface area (Å²) in [5, 5.41) is 4.37. The molecule has 2 aromatic heterocycles. The average molecular weight is 235 g/mol. The fraction of sp³-hybridized carbons (Fsp3) is 0.667. The van der Waals surface area contributed by atoms with Crippen molar-refractivity contribution < 1.29 is 0 Å². The number of rotatable bonds is 5. The number of fused-ring (bicyclic) bond motifs is 1. The lowest BCUT2D eigenvalue weighted by Crippen LogP contribution is -2.07. The number of hydrogen-bond donors (Lipinski definition) is 1. The quantitative estimate of drug-likeness (QED) is 0.808. The number of aryl methyl sites for hydroxylation is 3. The van der Waals surface area contributed by atoms with Gasteiger partial charge < -0.3 is 5.73 Å². The van der Waals surface area contributed by atoms with E-state index in [9.17, 15) is 0 Å². The van der Waals surface area contributed by atoms with Gasteiger partial charge in [0, 0.05) is 13.6 Å². The normalized spacial score (nSPS) is 11.5. The third kappa shape index (κ3) is 2.14. The number of nitrogens with zero attached hydrogens (tertiary/aromatic N) is 4. The Kier molecular flexibility index (Phi) is 3.36. The fourth-order valence-corrected chi connectivity index (χ4v) is 2.27. The zero-order valence-electron chi connectivity index (χ0n) is 10.9. The maximum absolute atomic E-state index is 5.96. The summed E-state index contributed by atoms with van der Waals surface area (Å²) in [6, 6.07) is 0. The maximum Gasteiger partial charge on any atom is 0.202 e. The number of hydrogen-bond acceptors (Lipinski definition) is 3. The topological polar surface area (TPSA) is 61.7 Å². The molecule has 2 rings (SSSR count). The SMILES string of the molecule is CCCCCCn1c(N)nc2c(C)nn(C)c21. The number of anilines is 1. The van der Waals surface area contributed by atoms with Gasteiger partial charge in [-0.3, -0.25) is 9.25 Å². The molecule has 0 spiro atoms. The summed E-state index contributed by atoms with van der Waals surface area (Å²) in [7, 11) is 1.94. The molecular weight excluding hydrogens is 214 g/mol. The molecule has 0 amide bonds. The van der Waals surface area contributed by atoms with Crippen LogP contribution in [0.25, 0.3) is 11.2 Å². The van der Waals surface area contributed by atoms with E-state index in [1.54, 1.807) is 0 Å². The second kappa shape index (κ2) is 4.77. The van der Waals surface area contributed by atoms with E-state index in [2.05, 4.69) is 21.6 Å². The summed E-state index contributed by atoms with van der Waals surface area (Å²) in [5.74, 6) is 0.604. The molecule has 0 aliphatic rings. The molecule has 0 bridgehead atoms. The van der Waals surface area contributed by atoms with Crippen molar-refractivity contribution in [1.82, 2.24) is 19.3 Å². The number of nitrogen functional groups attached to an aromatic ring is 1. The first-order chi connectivity index (χ1) is 8.15. The molecular formula is C12H21N5. The fourth-order valence-electron chi connectivity index (χ4n) is 2.27. The highest BCUT2D eigenvalue weighted by Gasteiger charge is 2.14. The van der Waals surface area contributed by atoms with Gasteiger partial charge in [0.2, 0.25) is 5.95 Å². The van der Waals surface area contributed by atoms with E-state index >= 15 is 0 Å². The van der Waals surface area contributed by atoms with Gasteiger partial charge in [-0.05, 0) is 13.3 Å². The highest BCUT2D eigenvalue weighted by atomic mass is 15.3. The van der Waals surface area contributed by atoms with Gasteiger partial charge in [0.1, 0.15) is 5.52 Å². The Labute approximate surface area is 102 Å². The van der Waals surface area contributed by atoms with E-state index in [1.807, 2.05) is 18.7 Å². The van der Waals surface area contributed by atoms with Gasteiger partial charge in [-0.15, -0.1) is 0 Å². The summed E-state index contributed by atoms with van der Waals surface area (Å²) in [5.41, 5.74) is 8.88. The Morgan fingerprint density at radius 2 is 2.00 bits per heavy atom. The largest absolute Gasteiger partial charge is 0.369 e. The average Bonchev–Trinajstić information content (AvgIpc) is 2.74. The van der Waals surface area contributed by atoms with Crippen molar-refractivity contribution in [3.8, 4) is 0 Å². The lowest BCUT2D eigenvalue weighted by Gasteiger charge is -2.06. The molecule has 0 aromatic carbocycles. The van der Waals surface area contributed by atoms with Gasteiger partial charge >= 0.3 is 0 Å². The summed E-state index contributed by atoms with van der Waals surface area (Å²) in [6.45, 7) is 5.12. The van der Waals surface area contributed by atoms with Gasteiger partial charge in [-0.1, -0.05) is 26.2 Å². The van der Waals surface area contributed by atoms with Crippen molar-refractivity contribution in [2.24, 2.45) is 7.05 Å².